The number of ketones is 1. The normalized spacial score (nSPS) is 11.0. The topological polar surface area (TPSA) is 96.1 Å². The first-order chi connectivity index (χ1) is 13.4. The third-order valence-electron chi connectivity index (χ3n) is 4.71. The highest BCUT2D eigenvalue weighted by Gasteiger charge is 2.17. The molecule has 0 spiro atoms. The van der Waals surface area contributed by atoms with Gasteiger partial charge in [0.1, 0.15) is 5.52 Å². The zero-order valence-electron chi connectivity index (χ0n) is 16.1. The van der Waals surface area contributed by atoms with Gasteiger partial charge in [-0.3, -0.25) is 14.4 Å². The van der Waals surface area contributed by atoms with Crippen LogP contribution in [0.3, 0.4) is 0 Å². The second kappa shape index (κ2) is 8.16. The largest absolute Gasteiger partial charge is 0.457 e. The first-order valence-corrected chi connectivity index (χ1v) is 9.10. The molecule has 0 unspecified atom stereocenters. The van der Waals surface area contributed by atoms with Crippen LogP contribution in [0.15, 0.2) is 35.1 Å². The maximum Gasteiger partial charge on any atom is 0.308 e. The predicted molar refractivity (Wildman–Crippen MR) is 103 cm³/mol. The van der Waals surface area contributed by atoms with E-state index in [1.165, 1.54) is 0 Å². The molecule has 0 saturated carbocycles. The van der Waals surface area contributed by atoms with E-state index in [2.05, 4.69) is 10.3 Å². The second-order valence-corrected chi connectivity index (χ2v) is 6.50. The van der Waals surface area contributed by atoms with Crippen molar-refractivity contribution in [1.82, 2.24) is 19.6 Å². The molecule has 2 aromatic heterocycles. The smallest absolute Gasteiger partial charge is 0.308 e. The van der Waals surface area contributed by atoms with Crippen molar-refractivity contribution in [3.8, 4) is 0 Å². The molecule has 8 nitrogen and oxygen atoms in total. The monoisotopic (exact) mass is 382 g/mol. The maximum absolute atomic E-state index is 12.4. The molecular weight excluding hydrogens is 360 g/mol. The van der Waals surface area contributed by atoms with Crippen LogP contribution in [0.5, 0.6) is 0 Å². The molecule has 3 aromatic rings. The summed E-state index contributed by atoms with van der Waals surface area (Å²) in [6.45, 7) is 6.29. The number of hydrogen-bond donors (Lipinski definition) is 0. The molecular formula is C20H22N4O4. The zero-order valence-corrected chi connectivity index (χ0v) is 16.1. The van der Waals surface area contributed by atoms with Gasteiger partial charge in [0.25, 0.3) is 5.56 Å². The number of fused-ring (bicyclic) bond motifs is 1. The Balaban J connectivity index is 1.59. The van der Waals surface area contributed by atoms with Gasteiger partial charge in [-0.05, 0) is 39.0 Å². The molecule has 0 aliphatic carbocycles. The summed E-state index contributed by atoms with van der Waals surface area (Å²) in [5.74, 6) is -0.816. The van der Waals surface area contributed by atoms with Gasteiger partial charge in [0, 0.05) is 23.5 Å². The fourth-order valence-electron chi connectivity index (χ4n) is 3.23. The van der Waals surface area contributed by atoms with Gasteiger partial charge in [-0.15, -0.1) is 5.10 Å². The van der Waals surface area contributed by atoms with Crippen LogP contribution in [0, 0.1) is 13.8 Å². The van der Waals surface area contributed by atoms with E-state index in [0.717, 1.165) is 22.6 Å². The molecule has 0 bridgehead atoms. The van der Waals surface area contributed by atoms with Crippen LogP contribution < -0.4 is 5.56 Å². The molecule has 28 heavy (non-hydrogen) atoms. The number of hydrogen-bond acceptors (Lipinski definition) is 6. The van der Waals surface area contributed by atoms with Crippen LogP contribution in [0.25, 0.3) is 10.9 Å². The van der Waals surface area contributed by atoms with Crippen LogP contribution >= 0.6 is 0 Å². The lowest BCUT2D eigenvalue weighted by molar-refractivity contribution is -0.142. The average Bonchev–Trinajstić information content (AvgIpc) is 2.99. The molecule has 0 radical (unpaired) electrons. The van der Waals surface area contributed by atoms with Crippen molar-refractivity contribution in [2.24, 2.45) is 0 Å². The lowest BCUT2D eigenvalue weighted by Gasteiger charge is -2.07. The minimum atomic E-state index is -0.570. The van der Waals surface area contributed by atoms with Crippen LogP contribution in [0.2, 0.25) is 0 Å². The number of nitrogens with zero attached hydrogens (tertiary/aromatic N) is 4. The van der Waals surface area contributed by atoms with Crippen molar-refractivity contribution in [2.75, 3.05) is 6.61 Å². The first-order valence-electron chi connectivity index (χ1n) is 9.10. The fraction of sp³-hybridized carbons (Fsp3) is 0.350. The van der Waals surface area contributed by atoms with Crippen LogP contribution in [0.1, 0.15) is 35.1 Å². The number of aryl methyl sites for hydroxylation is 2. The molecule has 0 aliphatic rings. The summed E-state index contributed by atoms with van der Waals surface area (Å²) in [6, 6.07) is 8.67. The quantitative estimate of drug-likeness (QED) is 0.458. The summed E-state index contributed by atoms with van der Waals surface area (Å²) in [4.78, 5) is 36.7. The van der Waals surface area contributed by atoms with E-state index in [0.29, 0.717) is 16.5 Å². The number of carbonyl (C=O) groups excluding carboxylic acids is 2. The molecule has 1 aromatic carbocycles. The number of rotatable bonds is 7. The molecule has 0 N–H and O–H groups in total. The van der Waals surface area contributed by atoms with Gasteiger partial charge in [0.2, 0.25) is 5.78 Å². The molecule has 3 rings (SSSR count). The highest BCUT2D eigenvalue weighted by atomic mass is 16.5. The molecule has 0 fully saturated rings. The van der Waals surface area contributed by atoms with Gasteiger partial charge < -0.3 is 9.30 Å². The first kappa shape index (κ1) is 19.5. The zero-order chi connectivity index (χ0) is 20.3. The molecule has 0 atom stereocenters. The van der Waals surface area contributed by atoms with E-state index >= 15 is 0 Å². The van der Waals surface area contributed by atoms with Crippen molar-refractivity contribution >= 4 is 22.7 Å². The number of benzene rings is 1. The van der Waals surface area contributed by atoms with Crippen molar-refractivity contribution in [2.45, 2.75) is 40.3 Å². The highest BCUT2D eigenvalue weighted by molar-refractivity contribution is 5.99. The number of esters is 1. The van der Waals surface area contributed by atoms with E-state index in [9.17, 15) is 14.4 Å². The number of Topliss-reactive ketones (excluding diaryl/α,β-unsaturated/α-hetero) is 1. The molecule has 0 aliphatic heterocycles. The molecule has 146 valence electrons. The summed E-state index contributed by atoms with van der Waals surface area (Å²) in [5.41, 5.74) is 2.59. The van der Waals surface area contributed by atoms with Gasteiger partial charge in [0.15, 0.2) is 6.61 Å². The van der Waals surface area contributed by atoms with Gasteiger partial charge in [-0.1, -0.05) is 17.3 Å². The van der Waals surface area contributed by atoms with Crippen LogP contribution in [-0.4, -0.2) is 37.9 Å². The Bertz CT molecular complexity index is 1100. The third kappa shape index (κ3) is 3.85. The Morgan fingerprint density at radius 1 is 1.18 bits per heavy atom. The van der Waals surface area contributed by atoms with E-state index in [-0.39, 0.29) is 30.9 Å². The third-order valence-corrected chi connectivity index (χ3v) is 4.71. The summed E-state index contributed by atoms with van der Waals surface area (Å²) in [7, 11) is 0. The summed E-state index contributed by atoms with van der Waals surface area (Å²) < 4.78 is 8.24. The number of carbonyl (C=O) groups is 2. The van der Waals surface area contributed by atoms with Gasteiger partial charge >= 0.3 is 5.97 Å². The predicted octanol–water partition coefficient (Wildman–Crippen LogP) is 2.05. The van der Waals surface area contributed by atoms with E-state index in [1.807, 2.05) is 25.3 Å². The lowest BCUT2D eigenvalue weighted by atomic mass is 10.1. The minimum absolute atomic E-state index is 0.0358. The van der Waals surface area contributed by atoms with E-state index < -0.39 is 5.97 Å². The highest BCUT2D eigenvalue weighted by Crippen LogP contribution is 2.15. The summed E-state index contributed by atoms with van der Waals surface area (Å²) in [5, 5.41) is 8.24. The average molecular weight is 382 g/mol. The molecule has 0 saturated heterocycles. The Morgan fingerprint density at radius 2 is 1.93 bits per heavy atom. The number of ether oxygens (including phenoxy) is 1. The summed E-state index contributed by atoms with van der Waals surface area (Å²) in [6.07, 6.45) is -0.0752. The Labute approximate surface area is 161 Å². The van der Waals surface area contributed by atoms with Crippen molar-refractivity contribution in [3.05, 3.63) is 57.6 Å². The minimum Gasteiger partial charge on any atom is -0.457 e. The SMILES string of the molecule is CCn1c(C)cc(C(=O)COC(=O)CCn2nnc3ccccc3c2=O)c1C. The maximum atomic E-state index is 12.4. The standard InChI is InChI=1S/C20H22N4O4/c1-4-23-13(2)11-16(14(23)3)18(25)12-28-19(26)9-10-24-20(27)15-7-5-6-8-17(15)21-22-24/h5-8,11H,4,9-10,12H2,1-3H3. The van der Waals surface area contributed by atoms with E-state index in [1.54, 1.807) is 30.3 Å². The van der Waals surface area contributed by atoms with E-state index in [4.69, 9.17) is 4.74 Å². The van der Waals surface area contributed by atoms with Gasteiger partial charge in [0.05, 0.1) is 18.4 Å². The Morgan fingerprint density at radius 3 is 2.64 bits per heavy atom. The van der Waals surface area contributed by atoms with Gasteiger partial charge in [-0.2, -0.15) is 0 Å². The van der Waals surface area contributed by atoms with Gasteiger partial charge in [-0.25, -0.2) is 4.68 Å². The van der Waals surface area contributed by atoms with Crippen LogP contribution in [-0.2, 0) is 22.6 Å². The lowest BCUT2D eigenvalue weighted by Crippen LogP contribution is -2.26. The molecule has 8 heteroatoms. The fourth-order valence-corrected chi connectivity index (χ4v) is 3.23. The Kier molecular flexibility index (Phi) is 5.67. The summed E-state index contributed by atoms with van der Waals surface area (Å²) >= 11 is 0. The van der Waals surface area contributed by atoms with Crippen molar-refractivity contribution in [3.63, 3.8) is 0 Å². The van der Waals surface area contributed by atoms with Crippen molar-refractivity contribution in [1.29, 1.82) is 0 Å². The number of aromatic nitrogens is 4. The van der Waals surface area contributed by atoms with Crippen LogP contribution in [0.4, 0.5) is 0 Å². The second-order valence-electron chi connectivity index (χ2n) is 6.50. The Hall–Kier alpha value is -3.29. The molecule has 2 heterocycles. The molecule has 0 amide bonds. The van der Waals surface area contributed by atoms with Crippen molar-refractivity contribution < 1.29 is 14.3 Å².